The summed E-state index contributed by atoms with van der Waals surface area (Å²) < 4.78 is 1.61. The molecule has 18 heavy (non-hydrogen) atoms. The van der Waals surface area contributed by atoms with E-state index in [0.717, 1.165) is 30.9 Å². The van der Waals surface area contributed by atoms with Crippen LogP contribution in [0.5, 0.6) is 0 Å². The van der Waals surface area contributed by atoms with Crippen LogP contribution in [0, 0.1) is 6.92 Å². The summed E-state index contributed by atoms with van der Waals surface area (Å²) >= 11 is 6.11. The molecule has 0 saturated heterocycles. The highest BCUT2D eigenvalue weighted by Crippen LogP contribution is 2.19. The maximum atomic E-state index is 11.9. The Bertz CT molecular complexity index is 411. The van der Waals surface area contributed by atoms with Crippen LogP contribution in [0.3, 0.4) is 0 Å². The van der Waals surface area contributed by atoms with Crippen molar-refractivity contribution in [3.63, 3.8) is 0 Å². The van der Waals surface area contributed by atoms with Crippen molar-refractivity contribution in [2.45, 2.75) is 33.6 Å². The topological polar surface area (TPSA) is 38.1 Å². The largest absolute Gasteiger partial charge is 0.303 e. The molecule has 0 radical (unpaired) electrons. The molecule has 1 aromatic heterocycles. The summed E-state index contributed by atoms with van der Waals surface area (Å²) in [6.45, 7) is 8.89. The molecular weight excluding hydrogens is 250 g/mol. The number of nitrogens with zero attached hydrogens (tertiary/aromatic N) is 3. The van der Waals surface area contributed by atoms with Crippen LogP contribution in [-0.2, 0) is 18.3 Å². The van der Waals surface area contributed by atoms with Gasteiger partial charge in [0.05, 0.1) is 5.69 Å². The minimum Gasteiger partial charge on any atom is -0.303 e. The molecule has 0 bridgehead atoms. The van der Waals surface area contributed by atoms with E-state index < -0.39 is 0 Å². The third-order valence-electron chi connectivity index (χ3n) is 3.25. The van der Waals surface area contributed by atoms with Crippen LogP contribution in [0.4, 0.5) is 0 Å². The lowest BCUT2D eigenvalue weighted by molar-refractivity contribution is -0.118. The van der Waals surface area contributed by atoms with Gasteiger partial charge in [0, 0.05) is 32.0 Å². The molecule has 4 nitrogen and oxygen atoms in total. The Morgan fingerprint density at radius 3 is 2.44 bits per heavy atom. The number of carbonyl (C=O) groups excluding carboxylic acids is 1. The van der Waals surface area contributed by atoms with Gasteiger partial charge in [-0.25, -0.2) is 0 Å². The Morgan fingerprint density at radius 2 is 2.00 bits per heavy atom. The highest BCUT2D eigenvalue weighted by molar-refractivity contribution is 6.30. The first-order valence-corrected chi connectivity index (χ1v) is 6.79. The van der Waals surface area contributed by atoms with E-state index >= 15 is 0 Å². The smallest absolute Gasteiger partial charge is 0.138 e. The lowest BCUT2D eigenvalue weighted by atomic mass is 10.1. The number of aromatic nitrogens is 2. The number of halogens is 1. The fourth-order valence-electron chi connectivity index (χ4n) is 1.98. The quantitative estimate of drug-likeness (QED) is 0.763. The number of carbonyl (C=O) groups is 1. The van der Waals surface area contributed by atoms with Gasteiger partial charge in [-0.05, 0) is 20.0 Å². The molecule has 0 aliphatic heterocycles. The summed E-state index contributed by atoms with van der Waals surface area (Å²) in [5, 5.41) is 4.79. The van der Waals surface area contributed by atoms with Crippen LogP contribution < -0.4 is 0 Å². The van der Waals surface area contributed by atoms with E-state index in [9.17, 15) is 4.79 Å². The Kier molecular flexibility index (Phi) is 5.82. The maximum absolute atomic E-state index is 11.9. The predicted octanol–water partition coefficient (Wildman–Crippen LogP) is 2.23. The van der Waals surface area contributed by atoms with Crippen LogP contribution in [0.15, 0.2) is 0 Å². The molecule has 0 fully saturated rings. The molecule has 0 aliphatic carbocycles. The monoisotopic (exact) mass is 271 g/mol. The van der Waals surface area contributed by atoms with Crippen molar-refractivity contribution in [2.75, 3.05) is 19.6 Å². The Balaban J connectivity index is 2.54. The van der Waals surface area contributed by atoms with Crippen LogP contribution in [0.1, 0.15) is 31.5 Å². The van der Waals surface area contributed by atoms with Crippen LogP contribution in [-0.4, -0.2) is 40.1 Å². The van der Waals surface area contributed by atoms with Gasteiger partial charge < -0.3 is 4.90 Å². The molecule has 0 amide bonds. The van der Waals surface area contributed by atoms with E-state index in [-0.39, 0.29) is 5.78 Å². The summed E-state index contributed by atoms with van der Waals surface area (Å²) in [5.41, 5.74) is 1.71. The van der Waals surface area contributed by atoms with E-state index in [1.165, 1.54) is 0 Å². The van der Waals surface area contributed by atoms with Gasteiger partial charge in [-0.1, -0.05) is 25.4 Å². The van der Waals surface area contributed by atoms with E-state index in [1.54, 1.807) is 11.7 Å². The fourth-order valence-corrected chi connectivity index (χ4v) is 2.22. The zero-order chi connectivity index (χ0) is 13.7. The van der Waals surface area contributed by atoms with Crippen molar-refractivity contribution in [3.8, 4) is 0 Å². The van der Waals surface area contributed by atoms with Crippen LogP contribution >= 0.6 is 11.6 Å². The number of rotatable bonds is 7. The summed E-state index contributed by atoms with van der Waals surface area (Å²) in [5.74, 6) is 0.222. The number of hydrogen-bond acceptors (Lipinski definition) is 3. The molecule has 0 N–H and O–H groups in total. The molecule has 0 spiro atoms. The fraction of sp³-hybridized carbons (Fsp3) is 0.692. The molecule has 1 aromatic rings. The van der Waals surface area contributed by atoms with E-state index in [2.05, 4.69) is 23.8 Å². The lowest BCUT2D eigenvalue weighted by Gasteiger charge is -2.16. The van der Waals surface area contributed by atoms with Crippen molar-refractivity contribution in [1.82, 2.24) is 14.7 Å². The lowest BCUT2D eigenvalue weighted by Crippen LogP contribution is -2.26. The van der Waals surface area contributed by atoms with Crippen molar-refractivity contribution >= 4 is 17.4 Å². The van der Waals surface area contributed by atoms with Gasteiger partial charge in [0.15, 0.2) is 0 Å². The Hall–Kier alpha value is -0.870. The molecular formula is C13H22ClN3O. The van der Waals surface area contributed by atoms with Gasteiger partial charge in [0.2, 0.25) is 0 Å². The molecule has 1 rings (SSSR count). The average Bonchev–Trinajstić information content (AvgIpc) is 2.57. The minimum absolute atomic E-state index is 0.222. The Morgan fingerprint density at radius 1 is 1.39 bits per heavy atom. The van der Waals surface area contributed by atoms with Gasteiger partial charge in [0.1, 0.15) is 10.9 Å². The van der Waals surface area contributed by atoms with Gasteiger partial charge in [0.25, 0.3) is 0 Å². The zero-order valence-electron chi connectivity index (χ0n) is 11.7. The maximum Gasteiger partial charge on any atom is 0.138 e. The third kappa shape index (κ3) is 3.82. The number of ketones is 1. The molecule has 1 heterocycles. The second-order valence-corrected chi connectivity index (χ2v) is 4.83. The van der Waals surface area contributed by atoms with Gasteiger partial charge >= 0.3 is 0 Å². The zero-order valence-corrected chi connectivity index (χ0v) is 12.4. The number of Topliss-reactive ketones (excluding diaryl/α,β-unsaturated/α-hetero) is 1. The third-order valence-corrected chi connectivity index (χ3v) is 3.72. The molecule has 0 saturated carbocycles. The van der Waals surface area contributed by atoms with Gasteiger partial charge in [-0.2, -0.15) is 5.10 Å². The van der Waals surface area contributed by atoms with E-state index in [4.69, 9.17) is 11.6 Å². The highest BCUT2D eigenvalue weighted by atomic mass is 35.5. The normalized spacial score (nSPS) is 11.2. The predicted molar refractivity (Wildman–Crippen MR) is 74.1 cm³/mol. The highest BCUT2D eigenvalue weighted by Gasteiger charge is 2.15. The van der Waals surface area contributed by atoms with Crippen LogP contribution in [0.2, 0.25) is 5.15 Å². The van der Waals surface area contributed by atoms with Gasteiger partial charge in [-0.15, -0.1) is 0 Å². The summed E-state index contributed by atoms with van der Waals surface area (Å²) in [6.07, 6.45) is 0.964. The van der Waals surface area contributed by atoms with E-state index in [1.807, 2.05) is 6.92 Å². The summed E-state index contributed by atoms with van der Waals surface area (Å²) in [6, 6.07) is 0. The Labute approximate surface area is 114 Å². The van der Waals surface area contributed by atoms with E-state index in [0.29, 0.717) is 18.0 Å². The first-order valence-electron chi connectivity index (χ1n) is 6.41. The first kappa shape index (κ1) is 15.2. The van der Waals surface area contributed by atoms with Gasteiger partial charge in [-0.3, -0.25) is 9.48 Å². The summed E-state index contributed by atoms with van der Waals surface area (Å²) in [7, 11) is 1.79. The van der Waals surface area contributed by atoms with Crippen molar-refractivity contribution < 1.29 is 4.79 Å². The second kappa shape index (κ2) is 6.90. The SMILES string of the molecule is CCN(CC)CCC(=O)Cc1c(C)nn(C)c1Cl. The molecule has 0 aliphatic rings. The van der Waals surface area contributed by atoms with Crippen molar-refractivity contribution in [2.24, 2.45) is 7.05 Å². The summed E-state index contributed by atoms with van der Waals surface area (Å²) in [4.78, 5) is 14.2. The van der Waals surface area contributed by atoms with Crippen molar-refractivity contribution in [3.05, 3.63) is 16.4 Å². The second-order valence-electron chi connectivity index (χ2n) is 4.47. The molecule has 0 atom stereocenters. The molecule has 0 unspecified atom stereocenters. The first-order chi connectivity index (χ1) is 8.49. The number of aryl methyl sites for hydroxylation is 2. The molecule has 5 heteroatoms. The molecule has 0 aromatic carbocycles. The standard InChI is InChI=1S/C13H22ClN3O/c1-5-17(6-2)8-7-11(18)9-12-10(3)15-16(4)13(12)14/h5-9H2,1-4H3. The average molecular weight is 272 g/mol. The molecule has 102 valence electrons. The van der Waals surface area contributed by atoms with Crippen LogP contribution in [0.25, 0.3) is 0 Å². The van der Waals surface area contributed by atoms with Crippen molar-refractivity contribution in [1.29, 1.82) is 0 Å². The minimum atomic E-state index is 0.222. The number of hydrogen-bond donors (Lipinski definition) is 0.